The molecule has 0 bridgehead atoms. The van der Waals surface area contributed by atoms with Gasteiger partial charge < -0.3 is 21.1 Å². The van der Waals surface area contributed by atoms with E-state index in [9.17, 15) is 14.8 Å². The van der Waals surface area contributed by atoms with Crippen LogP contribution in [0.1, 0.15) is 37.1 Å². The number of carbonyl (C=O) groups excluding carboxylic acids is 1. The maximum absolute atomic E-state index is 12.1. The van der Waals surface area contributed by atoms with Crippen LogP contribution in [0.25, 0.3) is 0 Å². The number of hydrogen-bond donors (Lipinski definition) is 4. The molecule has 0 saturated carbocycles. The zero-order valence-electron chi connectivity index (χ0n) is 15.9. The van der Waals surface area contributed by atoms with E-state index in [2.05, 4.69) is 27.5 Å². The predicted octanol–water partition coefficient (Wildman–Crippen LogP) is 0.501. The summed E-state index contributed by atoms with van der Waals surface area (Å²) in [6.07, 6.45) is 6.09. The number of nitrogens with zero attached hydrogens (tertiary/aromatic N) is 3. The Balaban J connectivity index is 0.00000392. The number of benzene rings is 1. The fourth-order valence-corrected chi connectivity index (χ4v) is 2.82. The van der Waals surface area contributed by atoms with Gasteiger partial charge in [-0.3, -0.25) is 4.79 Å². The van der Waals surface area contributed by atoms with Crippen LogP contribution in [0.2, 0.25) is 0 Å². The highest BCUT2D eigenvalue weighted by Crippen LogP contribution is 2.06. The number of nitrogens with one attached hydrogen (secondary N) is 1. The van der Waals surface area contributed by atoms with Crippen LogP contribution in [0, 0.1) is 0 Å². The molecule has 2 aromatic rings. The monoisotopic (exact) mass is 409 g/mol. The number of halogens is 1. The van der Waals surface area contributed by atoms with E-state index in [0.717, 1.165) is 25.7 Å². The Morgan fingerprint density at radius 3 is 2.61 bits per heavy atom. The molecule has 0 saturated heterocycles. The number of nitrogens with two attached hydrogens (primary N) is 1. The maximum atomic E-state index is 12.1. The Kier molecular flexibility index (Phi) is 11.4. The summed E-state index contributed by atoms with van der Waals surface area (Å²) in [4.78, 5) is 16.4. The summed E-state index contributed by atoms with van der Waals surface area (Å²) < 4.78 is 1.47. The van der Waals surface area contributed by atoms with Crippen molar-refractivity contribution in [1.82, 2.24) is 20.1 Å². The molecule has 0 radical (unpaired) electrons. The molecule has 0 spiro atoms. The van der Waals surface area contributed by atoms with Crippen LogP contribution in [-0.2, 0) is 24.2 Å². The van der Waals surface area contributed by atoms with Crippen molar-refractivity contribution >= 4 is 25.4 Å². The normalized spacial score (nSPS) is 11.5. The van der Waals surface area contributed by atoms with E-state index in [1.807, 2.05) is 18.2 Å². The van der Waals surface area contributed by atoms with Gasteiger partial charge in [0.2, 0.25) is 5.91 Å². The van der Waals surface area contributed by atoms with E-state index in [1.165, 1.54) is 16.6 Å². The number of aromatic nitrogens is 3. The topological polar surface area (TPSA) is 126 Å². The standard InChI is InChI=1S/C18H28BN5O3.ClH/c20-12-5-4-10-16(19(26)27)22-18(25)13-24-14-21-17(23-24)11-6-9-15-7-2-1-3-8-15;/h1-3,7-8,14,16,26-27H,4-6,9-13,20H2,(H,22,25);1H/t16-;/m0./s1. The van der Waals surface area contributed by atoms with Gasteiger partial charge in [-0.25, -0.2) is 9.67 Å². The Hall–Kier alpha value is -1.94. The van der Waals surface area contributed by atoms with Gasteiger partial charge in [-0.1, -0.05) is 36.8 Å². The van der Waals surface area contributed by atoms with E-state index in [0.29, 0.717) is 25.2 Å². The largest absolute Gasteiger partial charge is 0.475 e. The first-order valence-corrected chi connectivity index (χ1v) is 9.36. The molecule has 0 unspecified atom stereocenters. The maximum Gasteiger partial charge on any atom is 0.475 e. The van der Waals surface area contributed by atoms with Crippen LogP contribution >= 0.6 is 12.4 Å². The molecule has 0 aliphatic carbocycles. The summed E-state index contributed by atoms with van der Waals surface area (Å²) in [5, 5.41) is 25.7. The van der Waals surface area contributed by atoms with Crippen molar-refractivity contribution in [2.75, 3.05) is 6.54 Å². The molecule has 5 N–H and O–H groups in total. The molecule has 28 heavy (non-hydrogen) atoms. The van der Waals surface area contributed by atoms with Crippen molar-refractivity contribution in [1.29, 1.82) is 0 Å². The van der Waals surface area contributed by atoms with Gasteiger partial charge in [0.05, 0.1) is 5.94 Å². The Bertz CT molecular complexity index is 687. The minimum atomic E-state index is -1.60. The highest BCUT2D eigenvalue weighted by Gasteiger charge is 2.24. The third-order valence-electron chi connectivity index (χ3n) is 4.27. The molecule has 0 fully saturated rings. The third kappa shape index (κ3) is 8.84. The molecule has 154 valence electrons. The van der Waals surface area contributed by atoms with Crippen molar-refractivity contribution in [3.63, 3.8) is 0 Å². The fourth-order valence-electron chi connectivity index (χ4n) is 2.82. The van der Waals surface area contributed by atoms with Crippen molar-refractivity contribution < 1.29 is 14.8 Å². The first kappa shape index (κ1) is 24.1. The summed E-state index contributed by atoms with van der Waals surface area (Å²) >= 11 is 0. The SMILES string of the molecule is Cl.NCCCC[C@H](NC(=O)Cn1cnc(CCCc2ccccc2)n1)B(O)O. The molecule has 1 aromatic heterocycles. The van der Waals surface area contributed by atoms with Crippen molar-refractivity contribution in [2.24, 2.45) is 5.73 Å². The Morgan fingerprint density at radius 1 is 1.18 bits per heavy atom. The van der Waals surface area contributed by atoms with Gasteiger partial charge in [0.25, 0.3) is 0 Å². The first-order chi connectivity index (χ1) is 13.1. The molecule has 0 aliphatic rings. The van der Waals surface area contributed by atoms with E-state index in [4.69, 9.17) is 5.73 Å². The lowest BCUT2D eigenvalue weighted by Crippen LogP contribution is -2.47. The average molecular weight is 410 g/mol. The van der Waals surface area contributed by atoms with Gasteiger partial charge >= 0.3 is 7.12 Å². The number of aryl methyl sites for hydroxylation is 2. The van der Waals surface area contributed by atoms with E-state index < -0.39 is 13.1 Å². The third-order valence-corrected chi connectivity index (χ3v) is 4.27. The molecule has 1 atom stereocenters. The smallest absolute Gasteiger partial charge is 0.426 e. The minimum absolute atomic E-state index is 0. The van der Waals surface area contributed by atoms with Crippen LogP contribution in [0.5, 0.6) is 0 Å². The highest BCUT2D eigenvalue weighted by molar-refractivity contribution is 6.43. The van der Waals surface area contributed by atoms with Crippen LogP contribution in [0.3, 0.4) is 0 Å². The van der Waals surface area contributed by atoms with Gasteiger partial charge in [-0.15, -0.1) is 12.4 Å². The quantitative estimate of drug-likeness (QED) is 0.299. The molecule has 10 heteroatoms. The predicted molar refractivity (Wildman–Crippen MR) is 111 cm³/mol. The molecule has 1 aromatic carbocycles. The van der Waals surface area contributed by atoms with Crippen LogP contribution in [0.15, 0.2) is 36.7 Å². The second-order valence-corrected chi connectivity index (χ2v) is 6.57. The summed E-state index contributed by atoms with van der Waals surface area (Å²) in [6.45, 7) is 0.528. The highest BCUT2D eigenvalue weighted by atomic mass is 35.5. The van der Waals surface area contributed by atoms with E-state index in [-0.39, 0.29) is 24.9 Å². The summed E-state index contributed by atoms with van der Waals surface area (Å²) in [5.41, 5.74) is 6.71. The lowest BCUT2D eigenvalue weighted by molar-refractivity contribution is -0.122. The number of carbonyl (C=O) groups is 1. The van der Waals surface area contributed by atoms with Gasteiger partial charge in [0, 0.05) is 6.42 Å². The molecule has 1 heterocycles. The number of rotatable bonds is 12. The Morgan fingerprint density at radius 2 is 1.93 bits per heavy atom. The zero-order valence-corrected chi connectivity index (χ0v) is 16.7. The van der Waals surface area contributed by atoms with E-state index in [1.54, 1.807) is 0 Å². The van der Waals surface area contributed by atoms with E-state index >= 15 is 0 Å². The average Bonchev–Trinajstić information content (AvgIpc) is 3.09. The van der Waals surface area contributed by atoms with Crippen LogP contribution in [0.4, 0.5) is 0 Å². The zero-order chi connectivity index (χ0) is 19.5. The van der Waals surface area contributed by atoms with Gasteiger partial charge in [0.1, 0.15) is 12.9 Å². The molecule has 8 nitrogen and oxygen atoms in total. The number of unbranched alkanes of at least 4 members (excludes halogenated alkanes) is 1. The minimum Gasteiger partial charge on any atom is -0.426 e. The molecular weight excluding hydrogens is 380 g/mol. The van der Waals surface area contributed by atoms with Crippen LogP contribution in [-0.4, -0.2) is 50.3 Å². The summed E-state index contributed by atoms with van der Waals surface area (Å²) in [5.74, 6) is -0.347. The first-order valence-electron chi connectivity index (χ1n) is 9.36. The van der Waals surface area contributed by atoms with Gasteiger partial charge in [0.15, 0.2) is 5.82 Å². The molecule has 1 amide bonds. The van der Waals surface area contributed by atoms with Crippen molar-refractivity contribution in [3.8, 4) is 0 Å². The lowest BCUT2D eigenvalue weighted by atomic mass is 9.76. The van der Waals surface area contributed by atoms with Gasteiger partial charge in [-0.2, -0.15) is 5.10 Å². The van der Waals surface area contributed by atoms with Crippen molar-refractivity contribution in [3.05, 3.63) is 48.0 Å². The molecular formula is C18H29BClN5O3. The second kappa shape index (κ2) is 13.3. The number of hydrogen-bond acceptors (Lipinski definition) is 6. The lowest BCUT2D eigenvalue weighted by Gasteiger charge is -2.17. The molecule has 2 rings (SSSR count). The van der Waals surface area contributed by atoms with Crippen LogP contribution < -0.4 is 11.1 Å². The molecule has 0 aliphatic heterocycles. The van der Waals surface area contributed by atoms with Crippen molar-refractivity contribution in [2.45, 2.75) is 51.0 Å². The summed E-state index contributed by atoms with van der Waals surface area (Å²) in [6, 6.07) is 10.2. The number of amides is 1. The summed E-state index contributed by atoms with van der Waals surface area (Å²) in [7, 11) is -1.60. The van der Waals surface area contributed by atoms with Gasteiger partial charge in [-0.05, 0) is 37.8 Å². The Labute approximate surface area is 172 Å². The second-order valence-electron chi connectivity index (χ2n) is 6.57. The fraction of sp³-hybridized carbons (Fsp3) is 0.500.